The van der Waals surface area contributed by atoms with E-state index < -0.39 is 0 Å². The summed E-state index contributed by atoms with van der Waals surface area (Å²) in [5, 5.41) is -0.327. The Morgan fingerprint density at radius 3 is 2.59 bits per heavy atom. The van der Waals surface area contributed by atoms with Crippen molar-refractivity contribution >= 4 is 50.6 Å². The van der Waals surface area contributed by atoms with Gasteiger partial charge in [-0.25, -0.2) is 4.90 Å². The van der Waals surface area contributed by atoms with Crippen LogP contribution in [0.5, 0.6) is 11.5 Å². The molecule has 0 aliphatic carbocycles. The Balaban J connectivity index is 1.94. The summed E-state index contributed by atoms with van der Waals surface area (Å²) in [6, 6.07) is 12.4. The third-order valence-electron chi connectivity index (χ3n) is 3.73. The number of rotatable bonds is 6. The molecule has 0 bridgehead atoms. The number of methoxy groups -OCH3 is 1. The molecule has 7 heteroatoms. The van der Waals surface area contributed by atoms with Crippen LogP contribution in [0.4, 0.5) is 10.5 Å². The van der Waals surface area contributed by atoms with Crippen molar-refractivity contribution in [3.8, 4) is 11.5 Å². The number of nitrogens with zero attached hydrogens (tertiary/aromatic N) is 1. The van der Waals surface area contributed by atoms with Gasteiger partial charge in [0.05, 0.1) is 17.7 Å². The lowest BCUT2D eigenvalue weighted by Crippen LogP contribution is -2.27. The number of hydrogen-bond acceptors (Lipinski definition) is 5. The van der Waals surface area contributed by atoms with Crippen molar-refractivity contribution in [3.63, 3.8) is 0 Å². The molecule has 1 heterocycles. The molecule has 0 radical (unpaired) electrons. The lowest BCUT2D eigenvalue weighted by atomic mass is 10.1. The maximum atomic E-state index is 12.7. The summed E-state index contributed by atoms with van der Waals surface area (Å²) in [6.07, 6.45) is 3.30. The van der Waals surface area contributed by atoms with E-state index in [-0.39, 0.29) is 11.1 Å². The molecular weight excluding hydrogens is 430 g/mol. The van der Waals surface area contributed by atoms with Crippen molar-refractivity contribution in [1.82, 2.24) is 0 Å². The zero-order valence-corrected chi connectivity index (χ0v) is 16.9. The molecule has 2 aromatic carbocycles. The molecule has 0 spiro atoms. The van der Waals surface area contributed by atoms with Crippen LogP contribution in [0.3, 0.4) is 0 Å². The third kappa shape index (κ3) is 4.09. The van der Waals surface area contributed by atoms with Crippen molar-refractivity contribution in [3.05, 3.63) is 70.1 Å². The normalized spacial score (nSPS) is 15.3. The number of anilines is 1. The lowest BCUT2D eigenvalue weighted by Gasteiger charge is -2.12. The number of halogens is 1. The number of para-hydroxylation sites is 1. The largest absolute Gasteiger partial charge is 0.493 e. The van der Waals surface area contributed by atoms with Gasteiger partial charge in [0.25, 0.3) is 11.1 Å². The number of hydrogen-bond donors (Lipinski definition) is 0. The maximum Gasteiger partial charge on any atom is 0.298 e. The maximum absolute atomic E-state index is 12.7. The fraction of sp³-hybridized carbons (Fsp3) is 0.100. The molecule has 1 saturated heterocycles. The molecule has 1 fully saturated rings. The van der Waals surface area contributed by atoms with Crippen molar-refractivity contribution in [2.45, 2.75) is 0 Å². The number of imide groups is 1. The SMILES string of the molecule is C=CCOc1cc(Br)c(/C=C2\SC(=O)N(c3ccccc3)C2=O)cc1OC. The fourth-order valence-corrected chi connectivity index (χ4v) is 3.76. The van der Waals surface area contributed by atoms with Crippen LogP contribution in [0.25, 0.3) is 6.08 Å². The van der Waals surface area contributed by atoms with Gasteiger partial charge in [0.15, 0.2) is 11.5 Å². The second-order valence-corrected chi connectivity index (χ2v) is 7.32. The molecule has 0 aromatic heterocycles. The van der Waals surface area contributed by atoms with Crippen molar-refractivity contribution in [2.24, 2.45) is 0 Å². The summed E-state index contributed by atoms with van der Waals surface area (Å²) < 4.78 is 11.6. The van der Waals surface area contributed by atoms with E-state index in [2.05, 4.69) is 22.5 Å². The summed E-state index contributed by atoms with van der Waals surface area (Å²) in [5.74, 6) is 0.724. The molecule has 5 nitrogen and oxygen atoms in total. The van der Waals surface area contributed by atoms with E-state index in [1.165, 1.54) is 12.0 Å². The van der Waals surface area contributed by atoms with Gasteiger partial charge >= 0.3 is 0 Å². The first-order valence-electron chi connectivity index (χ1n) is 7.99. The topological polar surface area (TPSA) is 55.8 Å². The zero-order chi connectivity index (χ0) is 19.4. The Kier molecular flexibility index (Phi) is 6.03. The van der Waals surface area contributed by atoms with Crippen LogP contribution in [0, 0.1) is 0 Å². The van der Waals surface area contributed by atoms with Gasteiger partial charge in [0, 0.05) is 4.47 Å². The van der Waals surface area contributed by atoms with Gasteiger partial charge in [-0.15, -0.1) is 0 Å². The van der Waals surface area contributed by atoms with Gasteiger partial charge in [-0.3, -0.25) is 9.59 Å². The highest BCUT2D eigenvalue weighted by Crippen LogP contribution is 2.39. The van der Waals surface area contributed by atoms with Gasteiger partial charge in [-0.05, 0) is 47.7 Å². The second kappa shape index (κ2) is 8.45. The highest BCUT2D eigenvalue weighted by Gasteiger charge is 2.36. The molecule has 27 heavy (non-hydrogen) atoms. The van der Waals surface area contributed by atoms with Crippen LogP contribution >= 0.6 is 27.7 Å². The Labute approximate surface area is 169 Å². The van der Waals surface area contributed by atoms with Crippen molar-refractivity contribution < 1.29 is 19.1 Å². The van der Waals surface area contributed by atoms with Crippen LogP contribution in [0.1, 0.15) is 5.56 Å². The molecule has 2 aromatic rings. The van der Waals surface area contributed by atoms with Gasteiger partial charge in [-0.1, -0.05) is 46.8 Å². The standard InChI is InChI=1S/C20H16BrNO4S/c1-3-9-26-17-12-15(21)13(10-16(17)25-2)11-18-19(23)22(20(24)27-18)14-7-5-4-6-8-14/h3-8,10-12H,1,9H2,2H3/b18-11-. The van der Waals surface area contributed by atoms with Gasteiger partial charge in [0.1, 0.15) is 6.61 Å². The number of benzene rings is 2. The molecule has 0 N–H and O–H groups in total. The van der Waals surface area contributed by atoms with Crippen molar-refractivity contribution in [1.29, 1.82) is 0 Å². The quantitative estimate of drug-likeness (QED) is 0.448. The number of amides is 2. The number of carbonyl (C=O) groups is 2. The molecule has 0 saturated carbocycles. The molecular formula is C20H16BrNO4S. The highest BCUT2D eigenvalue weighted by atomic mass is 79.9. The molecule has 1 aliphatic rings. The summed E-state index contributed by atoms with van der Waals surface area (Å²) in [4.78, 5) is 26.6. The first kappa shape index (κ1) is 19.3. The predicted molar refractivity (Wildman–Crippen MR) is 111 cm³/mol. The van der Waals surface area contributed by atoms with Crippen LogP contribution in [-0.2, 0) is 4.79 Å². The number of carbonyl (C=O) groups excluding carboxylic acids is 2. The van der Waals surface area contributed by atoms with Crippen LogP contribution in [-0.4, -0.2) is 24.9 Å². The molecule has 1 aliphatic heterocycles. The van der Waals surface area contributed by atoms with Crippen LogP contribution in [0.15, 0.2) is 64.5 Å². The van der Waals surface area contributed by atoms with E-state index in [1.54, 1.807) is 48.6 Å². The van der Waals surface area contributed by atoms with Gasteiger partial charge in [0.2, 0.25) is 0 Å². The van der Waals surface area contributed by atoms with E-state index in [9.17, 15) is 9.59 Å². The third-order valence-corrected chi connectivity index (χ3v) is 5.29. The Bertz CT molecular complexity index is 927. The monoisotopic (exact) mass is 445 g/mol. The van der Waals surface area contributed by atoms with Gasteiger partial charge < -0.3 is 9.47 Å². The molecule has 138 valence electrons. The molecule has 2 amide bonds. The van der Waals surface area contributed by atoms with E-state index in [1.807, 2.05) is 6.07 Å². The van der Waals surface area contributed by atoms with E-state index in [4.69, 9.17) is 9.47 Å². The highest BCUT2D eigenvalue weighted by molar-refractivity contribution is 9.10. The Morgan fingerprint density at radius 2 is 1.93 bits per heavy atom. The molecule has 3 rings (SSSR count). The Morgan fingerprint density at radius 1 is 1.19 bits per heavy atom. The number of ether oxygens (including phenoxy) is 2. The van der Waals surface area contributed by atoms with E-state index in [0.29, 0.717) is 38.7 Å². The zero-order valence-electron chi connectivity index (χ0n) is 14.5. The molecule has 0 unspecified atom stereocenters. The summed E-state index contributed by atoms with van der Waals surface area (Å²) in [7, 11) is 1.54. The minimum Gasteiger partial charge on any atom is -0.493 e. The lowest BCUT2D eigenvalue weighted by molar-refractivity contribution is -0.113. The van der Waals surface area contributed by atoms with E-state index >= 15 is 0 Å². The summed E-state index contributed by atoms with van der Waals surface area (Å²) >= 11 is 4.38. The Hall–Kier alpha value is -2.51. The van der Waals surface area contributed by atoms with Crippen LogP contribution < -0.4 is 14.4 Å². The fourth-order valence-electron chi connectivity index (χ4n) is 2.49. The van der Waals surface area contributed by atoms with Gasteiger partial charge in [-0.2, -0.15) is 0 Å². The minimum absolute atomic E-state index is 0.327. The van der Waals surface area contributed by atoms with Crippen LogP contribution in [0.2, 0.25) is 0 Å². The smallest absolute Gasteiger partial charge is 0.298 e. The van der Waals surface area contributed by atoms with E-state index in [0.717, 1.165) is 11.8 Å². The predicted octanol–water partition coefficient (Wildman–Crippen LogP) is 5.26. The first-order chi connectivity index (χ1) is 13.0. The first-order valence-corrected chi connectivity index (χ1v) is 9.60. The molecule has 0 atom stereocenters. The van der Waals surface area contributed by atoms with Crippen molar-refractivity contribution in [2.75, 3.05) is 18.6 Å². The number of thioether (sulfide) groups is 1. The summed E-state index contributed by atoms with van der Waals surface area (Å²) in [6.45, 7) is 3.97. The average molecular weight is 446 g/mol. The minimum atomic E-state index is -0.353. The average Bonchev–Trinajstić information content (AvgIpc) is 2.95. The second-order valence-electron chi connectivity index (χ2n) is 5.48. The summed E-state index contributed by atoms with van der Waals surface area (Å²) in [5.41, 5.74) is 1.25.